The van der Waals surface area contributed by atoms with Crippen molar-refractivity contribution in [3.8, 4) is 6.07 Å². The summed E-state index contributed by atoms with van der Waals surface area (Å²) in [6, 6.07) is 14.6. The SMILES string of the molecule is N#C/C(=C/c1ccc(N2CCCC2)o1)C(=O)Nc1ccccc1. The highest BCUT2D eigenvalue weighted by Crippen LogP contribution is 2.24. The minimum atomic E-state index is -0.446. The summed E-state index contributed by atoms with van der Waals surface area (Å²) < 4.78 is 5.72. The Hall–Kier alpha value is -3.00. The molecule has 0 radical (unpaired) electrons. The molecular weight excluding hydrogens is 290 g/mol. The largest absolute Gasteiger partial charge is 0.441 e. The Morgan fingerprint density at radius 3 is 2.61 bits per heavy atom. The van der Waals surface area contributed by atoms with Crippen LogP contribution in [0.2, 0.25) is 0 Å². The molecule has 1 N–H and O–H groups in total. The zero-order valence-electron chi connectivity index (χ0n) is 12.7. The summed E-state index contributed by atoms with van der Waals surface area (Å²) in [4.78, 5) is 14.3. The van der Waals surface area contributed by atoms with Crippen LogP contribution in [0, 0.1) is 11.3 Å². The van der Waals surface area contributed by atoms with Gasteiger partial charge in [0, 0.05) is 30.9 Å². The quantitative estimate of drug-likeness (QED) is 0.694. The topological polar surface area (TPSA) is 69.3 Å². The molecule has 5 nitrogen and oxygen atoms in total. The number of nitrogens with one attached hydrogen (secondary N) is 1. The second-order valence-corrected chi connectivity index (χ2v) is 5.36. The average Bonchev–Trinajstić information content (AvgIpc) is 3.24. The molecule has 1 saturated heterocycles. The van der Waals surface area contributed by atoms with Gasteiger partial charge in [0.05, 0.1) is 0 Å². The standard InChI is InChI=1S/C18H17N3O2/c19-13-14(18(22)20-15-6-2-1-3-7-15)12-16-8-9-17(23-16)21-10-4-5-11-21/h1-3,6-9,12H,4-5,10-11H2,(H,20,22)/b14-12-. The van der Waals surface area contributed by atoms with Gasteiger partial charge in [0.2, 0.25) is 0 Å². The van der Waals surface area contributed by atoms with Crippen molar-refractivity contribution < 1.29 is 9.21 Å². The predicted octanol–water partition coefficient (Wildman–Crippen LogP) is 3.43. The van der Waals surface area contributed by atoms with Gasteiger partial charge in [-0.15, -0.1) is 0 Å². The molecule has 0 bridgehead atoms. The molecule has 0 spiro atoms. The number of benzene rings is 1. The van der Waals surface area contributed by atoms with Crippen molar-refractivity contribution in [2.24, 2.45) is 0 Å². The highest BCUT2D eigenvalue weighted by atomic mass is 16.4. The molecule has 0 aliphatic carbocycles. The average molecular weight is 307 g/mol. The van der Waals surface area contributed by atoms with Crippen molar-refractivity contribution in [2.45, 2.75) is 12.8 Å². The van der Waals surface area contributed by atoms with Gasteiger partial charge in [0.15, 0.2) is 5.88 Å². The van der Waals surface area contributed by atoms with Gasteiger partial charge in [-0.1, -0.05) is 18.2 Å². The summed E-state index contributed by atoms with van der Waals surface area (Å²) in [6.45, 7) is 1.96. The molecule has 1 fully saturated rings. The molecule has 0 saturated carbocycles. The Kier molecular flexibility index (Phi) is 4.44. The molecule has 116 valence electrons. The predicted molar refractivity (Wildman–Crippen MR) is 88.8 cm³/mol. The van der Waals surface area contributed by atoms with Crippen molar-refractivity contribution in [2.75, 3.05) is 23.3 Å². The first-order valence-electron chi connectivity index (χ1n) is 7.59. The van der Waals surface area contributed by atoms with E-state index < -0.39 is 5.91 Å². The second kappa shape index (κ2) is 6.84. The normalized spacial score (nSPS) is 14.6. The van der Waals surface area contributed by atoms with Crippen LogP contribution >= 0.6 is 0 Å². The lowest BCUT2D eigenvalue weighted by molar-refractivity contribution is -0.112. The summed E-state index contributed by atoms with van der Waals surface area (Å²) >= 11 is 0. The van der Waals surface area contributed by atoms with Gasteiger partial charge in [-0.3, -0.25) is 4.79 Å². The maximum Gasteiger partial charge on any atom is 0.266 e. The summed E-state index contributed by atoms with van der Waals surface area (Å²) in [6.07, 6.45) is 3.79. The molecule has 1 aromatic heterocycles. The van der Waals surface area contributed by atoms with Crippen molar-refractivity contribution >= 4 is 23.6 Å². The summed E-state index contributed by atoms with van der Waals surface area (Å²) in [5.41, 5.74) is 0.659. The Balaban J connectivity index is 1.73. The maximum absolute atomic E-state index is 12.2. The zero-order chi connectivity index (χ0) is 16.1. The van der Waals surface area contributed by atoms with Crippen molar-refractivity contribution in [1.82, 2.24) is 0 Å². The Morgan fingerprint density at radius 1 is 1.17 bits per heavy atom. The molecule has 2 aromatic rings. The molecule has 5 heteroatoms. The van der Waals surface area contributed by atoms with E-state index in [4.69, 9.17) is 4.42 Å². The third-order valence-corrected chi connectivity index (χ3v) is 3.71. The molecule has 2 heterocycles. The van der Waals surface area contributed by atoms with Gasteiger partial charge < -0.3 is 14.6 Å². The van der Waals surface area contributed by atoms with Crippen molar-refractivity contribution in [3.05, 3.63) is 53.8 Å². The molecule has 0 atom stereocenters. The molecule has 23 heavy (non-hydrogen) atoms. The van der Waals surface area contributed by atoms with E-state index in [0.29, 0.717) is 11.4 Å². The summed E-state index contributed by atoms with van der Waals surface area (Å²) in [5, 5.41) is 11.9. The van der Waals surface area contributed by atoms with Crippen LogP contribution in [-0.2, 0) is 4.79 Å². The fourth-order valence-corrected chi connectivity index (χ4v) is 2.54. The smallest absolute Gasteiger partial charge is 0.266 e. The number of para-hydroxylation sites is 1. The van der Waals surface area contributed by atoms with Crippen LogP contribution in [-0.4, -0.2) is 19.0 Å². The van der Waals surface area contributed by atoms with Gasteiger partial charge in [0.25, 0.3) is 5.91 Å². The van der Waals surface area contributed by atoms with Gasteiger partial charge in [-0.2, -0.15) is 5.26 Å². The third-order valence-electron chi connectivity index (χ3n) is 3.71. The van der Waals surface area contributed by atoms with Gasteiger partial charge >= 0.3 is 0 Å². The monoisotopic (exact) mass is 307 g/mol. The van der Waals surface area contributed by atoms with Gasteiger partial charge in [-0.05, 0) is 31.0 Å². The fraction of sp³-hybridized carbons (Fsp3) is 0.222. The number of nitrogens with zero attached hydrogens (tertiary/aromatic N) is 2. The number of anilines is 2. The van der Waals surface area contributed by atoms with E-state index in [0.717, 1.165) is 31.8 Å². The van der Waals surface area contributed by atoms with Crippen LogP contribution in [0.25, 0.3) is 6.08 Å². The van der Waals surface area contributed by atoms with E-state index in [1.165, 1.54) is 6.08 Å². The number of hydrogen-bond donors (Lipinski definition) is 1. The summed E-state index contributed by atoms with van der Waals surface area (Å²) in [5.74, 6) is 0.846. The molecule has 1 aliphatic heterocycles. The molecule has 1 amide bonds. The Bertz CT molecular complexity index is 750. The Morgan fingerprint density at radius 2 is 1.91 bits per heavy atom. The van der Waals surface area contributed by atoms with Gasteiger partial charge in [-0.25, -0.2) is 0 Å². The van der Waals surface area contributed by atoms with Crippen molar-refractivity contribution in [1.29, 1.82) is 5.26 Å². The minimum absolute atomic E-state index is 0.0103. The van der Waals surface area contributed by atoms with Crippen LogP contribution in [0.5, 0.6) is 0 Å². The lowest BCUT2D eigenvalue weighted by Gasteiger charge is -2.12. The van der Waals surface area contributed by atoms with E-state index in [1.54, 1.807) is 18.2 Å². The van der Waals surface area contributed by atoms with E-state index in [-0.39, 0.29) is 5.57 Å². The minimum Gasteiger partial charge on any atom is -0.441 e. The number of carbonyl (C=O) groups is 1. The van der Waals surface area contributed by atoms with E-state index >= 15 is 0 Å². The number of hydrogen-bond acceptors (Lipinski definition) is 4. The van der Waals surface area contributed by atoms with E-state index in [1.807, 2.05) is 30.3 Å². The zero-order valence-corrected chi connectivity index (χ0v) is 12.7. The third kappa shape index (κ3) is 3.61. The van der Waals surface area contributed by atoms with Gasteiger partial charge in [0.1, 0.15) is 17.4 Å². The summed E-state index contributed by atoms with van der Waals surface area (Å²) in [7, 11) is 0. The number of amides is 1. The second-order valence-electron chi connectivity index (χ2n) is 5.36. The number of rotatable bonds is 4. The van der Waals surface area contributed by atoms with Crippen molar-refractivity contribution in [3.63, 3.8) is 0 Å². The highest BCUT2D eigenvalue weighted by Gasteiger charge is 2.16. The van der Waals surface area contributed by atoms with Crippen LogP contribution in [0.1, 0.15) is 18.6 Å². The molecule has 0 unspecified atom stereocenters. The first-order valence-corrected chi connectivity index (χ1v) is 7.59. The molecular formula is C18H17N3O2. The van der Waals surface area contributed by atoms with Crippen LogP contribution in [0.15, 0.2) is 52.5 Å². The first-order chi connectivity index (χ1) is 11.3. The lowest BCUT2D eigenvalue weighted by Crippen LogP contribution is -2.16. The molecule has 3 rings (SSSR count). The molecule has 1 aromatic carbocycles. The van der Waals surface area contributed by atoms with E-state index in [9.17, 15) is 10.1 Å². The number of carbonyl (C=O) groups excluding carboxylic acids is 1. The number of nitriles is 1. The maximum atomic E-state index is 12.2. The fourth-order valence-electron chi connectivity index (χ4n) is 2.54. The molecule has 1 aliphatic rings. The van der Waals surface area contributed by atoms with Crippen LogP contribution < -0.4 is 10.2 Å². The highest BCUT2D eigenvalue weighted by molar-refractivity contribution is 6.09. The lowest BCUT2D eigenvalue weighted by atomic mass is 10.2. The number of furan rings is 1. The van der Waals surface area contributed by atoms with Crippen LogP contribution in [0.3, 0.4) is 0 Å². The van der Waals surface area contributed by atoms with E-state index in [2.05, 4.69) is 10.2 Å². The first kappa shape index (κ1) is 14.9. The van der Waals surface area contributed by atoms with Crippen LogP contribution in [0.4, 0.5) is 11.6 Å². The Labute approximate surface area is 134 Å².